The molecule has 0 radical (unpaired) electrons. The van der Waals surface area contributed by atoms with Gasteiger partial charge in [-0.2, -0.15) is 0 Å². The van der Waals surface area contributed by atoms with Crippen LogP contribution in [0.15, 0.2) is 73.3 Å². The van der Waals surface area contributed by atoms with E-state index in [1.165, 1.54) is 101 Å². The SMILES string of the molecule is CCCCCCCCc1ccc(-c2ncc(OCCCCCCCCOc3cnc(-c4ccc(CCCCCCCC)cc4)nc3)cn2)cc1. The normalized spacial score (nSPS) is 11.2. The minimum absolute atomic E-state index is 0.693. The Morgan fingerprint density at radius 2 is 0.700 bits per heavy atom. The Morgan fingerprint density at radius 3 is 1.06 bits per heavy atom. The molecule has 2 aromatic carbocycles. The summed E-state index contributed by atoms with van der Waals surface area (Å²) >= 11 is 0. The van der Waals surface area contributed by atoms with Gasteiger partial charge in [-0.05, 0) is 49.7 Å². The van der Waals surface area contributed by atoms with Crippen molar-refractivity contribution < 1.29 is 9.47 Å². The van der Waals surface area contributed by atoms with Crippen LogP contribution in [0.5, 0.6) is 11.5 Å². The van der Waals surface area contributed by atoms with Crippen LogP contribution in [0, 0.1) is 0 Å². The zero-order valence-electron chi connectivity index (χ0n) is 31.1. The second-order valence-electron chi connectivity index (χ2n) is 13.7. The summed E-state index contributed by atoms with van der Waals surface area (Å²) in [6.07, 6.45) is 32.2. The first-order valence-corrected chi connectivity index (χ1v) is 19.8. The van der Waals surface area contributed by atoms with Gasteiger partial charge in [0.2, 0.25) is 0 Å². The molecule has 6 heteroatoms. The van der Waals surface area contributed by atoms with Crippen LogP contribution in [0.25, 0.3) is 22.8 Å². The third kappa shape index (κ3) is 15.4. The Hall–Kier alpha value is -3.80. The van der Waals surface area contributed by atoms with Gasteiger partial charge in [0.15, 0.2) is 23.1 Å². The highest BCUT2D eigenvalue weighted by atomic mass is 16.5. The number of rotatable bonds is 27. The Morgan fingerprint density at radius 1 is 0.380 bits per heavy atom. The van der Waals surface area contributed by atoms with Crippen molar-refractivity contribution in [2.24, 2.45) is 0 Å². The standard InChI is InChI=1S/C44H62N4O2/c1-3-5-7-9-13-17-21-37-23-27-39(28-24-37)43-45-33-41(34-46-43)49-31-19-15-11-12-16-20-32-50-42-35-47-44(48-36-42)40-29-25-38(26-30-40)22-18-14-10-8-6-4-2/h23-30,33-36H,3-22,31-32H2,1-2H3. The summed E-state index contributed by atoms with van der Waals surface area (Å²) in [6.45, 7) is 5.92. The molecule has 0 saturated heterocycles. The summed E-state index contributed by atoms with van der Waals surface area (Å²) in [5, 5.41) is 0. The lowest BCUT2D eigenvalue weighted by atomic mass is 10.0. The molecule has 4 rings (SSSR count). The maximum absolute atomic E-state index is 5.90. The van der Waals surface area contributed by atoms with Crippen LogP contribution in [0.2, 0.25) is 0 Å². The van der Waals surface area contributed by atoms with Gasteiger partial charge in [0.1, 0.15) is 0 Å². The highest BCUT2D eigenvalue weighted by molar-refractivity contribution is 5.56. The van der Waals surface area contributed by atoms with Crippen LogP contribution in [-0.4, -0.2) is 33.1 Å². The van der Waals surface area contributed by atoms with Crippen molar-refractivity contribution in [2.45, 2.75) is 142 Å². The maximum Gasteiger partial charge on any atom is 0.159 e. The first-order valence-electron chi connectivity index (χ1n) is 19.8. The summed E-state index contributed by atoms with van der Waals surface area (Å²) in [7, 11) is 0. The lowest BCUT2D eigenvalue weighted by Crippen LogP contribution is -2.00. The molecule has 0 unspecified atom stereocenters. The summed E-state index contributed by atoms with van der Waals surface area (Å²) < 4.78 is 11.8. The van der Waals surface area contributed by atoms with Gasteiger partial charge in [-0.25, -0.2) is 19.9 Å². The molecule has 0 spiro atoms. The highest BCUT2D eigenvalue weighted by Gasteiger charge is 2.05. The van der Waals surface area contributed by atoms with Gasteiger partial charge in [0.25, 0.3) is 0 Å². The third-order valence-electron chi connectivity index (χ3n) is 9.39. The Balaban J connectivity index is 0.996. The molecule has 0 aliphatic rings. The van der Waals surface area contributed by atoms with E-state index in [-0.39, 0.29) is 0 Å². The average molecular weight is 679 g/mol. The van der Waals surface area contributed by atoms with Crippen molar-refractivity contribution in [2.75, 3.05) is 13.2 Å². The van der Waals surface area contributed by atoms with Crippen LogP contribution in [-0.2, 0) is 12.8 Å². The summed E-state index contributed by atoms with van der Waals surface area (Å²) in [4.78, 5) is 18.2. The van der Waals surface area contributed by atoms with E-state index >= 15 is 0 Å². The molecular weight excluding hydrogens is 617 g/mol. The Labute approximate surface area is 302 Å². The predicted molar refractivity (Wildman–Crippen MR) is 208 cm³/mol. The monoisotopic (exact) mass is 678 g/mol. The predicted octanol–water partition coefficient (Wildman–Crippen LogP) is 12.2. The molecule has 270 valence electrons. The largest absolute Gasteiger partial charge is 0.490 e. The lowest BCUT2D eigenvalue weighted by molar-refractivity contribution is 0.295. The molecule has 0 amide bonds. The zero-order valence-corrected chi connectivity index (χ0v) is 31.1. The molecule has 0 bridgehead atoms. The van der Waals surface area contributed by atoms with Gasteiger partial charge in [0, 0.05) is 11.1 Å². The van der Waals surface area contributed by atoms with E-state index in [2.05, 4.69) is 82.3 Å². The molecule has 0 fully saturated rings. The minimum Gasteiger partial charge on any atom is -0.490 e. The minimum atomic E-state index is 0.693. The van der Waals surface area contributed by atoms with E-state index in [1.54, 1.807) is 24.8 Å². The van der Waals surface area contributed by atoms with Crippen molar-refractivity contribution in [3.8, 4) is 34.3 Å². The molecular formula is C44H62N4O2. The lowest BCUT2D eigenvalue weighted by Gasteiger charge is -2.08. The van der Waals surface area contributed by atoms with Gasteiger partial charge in [-0.3, -0.25) is 0 Å². The molecule has 0 saturated carbocycles. The van der Waals surface area contributed by atoms with Crippen LogP contribution < -0.4 is 9.47 Å². The van der Waals surface area contributed by atoms with E-state index in [0.717, 1.165) is 72.8 Å². The van der Waals surface area contributed by atoms with Gasteiger partial charge in [-0.1, -0.05) is 152 Å². The van der Waals surface area contributed by atoms with E-state index in [4.69, 9.17) is 9.47 Å². The summed E-state index contributed by atoms with van der Waals surface area (Å²) in [6, 6.07) is 17.4. The van der Waals surface area contributed by atoms with Crippen molar-refractivity contribution >= 4 is 0 Å². The fourth-order valence-corrected chi connectivity index (χ4v) is 6.23. The fourth-order valence-electron chi connectivity index (χ4n) is 6.23. The third-order valence-corrected chi connectivity index (χ3v) is 9.39. The van der Waals surface area contributed by atoms with Crippen LogP contribution in [0.4, 0.5) is 0 Å². The number of unbranched alkanes of at least 4 members (excludes halogenated alkanes) is 15. The quantitative estimate of drug-likeness (QED) is 0.0585. The second-order valence-corrected chi connectivity index (χ2v) is 13.7. The van der Waals surface area contributed by atoms with E-state index in [9.17, 15) is 0 Å². The van der Waals surface area contributed by atoms with E-state index < -0.39 is 0 Å². The average Bonchev–Trinajstić information content (AvgIpc) is 3.16. The Kier molecular flexibility index (Phi) is 19.0. The molecule has 0 aliphatic heterocycles. The maximum atomic E-state index is 5.90. The van der Waals surface area contributed by atoms with E-state index in [0.29, 0.717) is 13.2 Å². The van der Waals surface area contributed by atoms with Gasteiger partial charge >= 0.3 is 0 Å². The fraction of sp³-hybridized carbons (Fsp3) is 0.545. The van der Waals surface area contributed by atoms with Crippen molar-refractivity contribution in [3.05, 3.63) is 84.4 Å². The summed E-state index contributed by atoms with van der Waals surface area (Å²) in [5.74, 6) is 2.96. The van der Waals surface area contributed by atoms with Gasteiger partial charge in [0.05, 0.1) is 38.0 Å². The Bertz CT molecular complexity index is 1300. The molecule has 6 nitrogen and oxygen atoms in total. The summed E-state index contributed by atoms with van der Waals surface area (Å²) in [5.41, 5.74) is 4.89. The topological polar surface area (TPSA) is 70.0 Å². The van der Waals surface area contributed by atoms with Crippen LogP contribution in [0.1, 0.15) is 141 Å². The molecule has 4 aromatic rings. The molecule has 2 aromatic heterocycles. The molecule has 50 heavy (non-hydrogen) atoms. The number of nitrogens with zero attached hydrogens (tertiary/aromatic N) is 4. The number of hydrogen-bond donors (Lipinski definition) is 0. The van der Waals surface area contributed by atoms with Crippen LogP contribution in [0.3, 0.4) is 0 Å². The van der Waals surface area contributed by atoms with Gasteiger partial charge < -0.3 is 9.47 Å². The van der Waals surface area contributed by atoms with Crippen molar-refractivity contribution in [1.82, 2.24) is 19.9 Å². The first kappa shape index (κ1) is 39.0. The second kappa shape index (κ2) is 24.4. The first-order chi connectivity index (χ1) is 24.7. The number of benzene rings is 2. The van der Waals surface area contributed by atoms with Crippen LogP contribution >= 0.6 is 0 Å². The number of aryl methyl sites for hydroxylation is 2. The number of ether oxygens (including phenoxy) is 2. The number of hydrogen-bond acceptors (Lipinski definition) is 6. The zero-order chi connectivity index (χ0) is 34.9. The molecule has 0 N–H and O–H groups in total. The smallest absolute Gasteiger partial charge is 0.159 e. The molecule has 2 heterocycles. The van der Waals surface area contributed by atoms with Crippen molar-refractivity contribution in [3.63, 3.8) is 0 Å². The molecule has 0 aliphatic carbocycles. The van der Waals surface area contributed by atoms with Gasteiger partial charge in [-0.15, -0.1) is 0 Å². The van der Waals surface area contributed by atoms with Crippen molar-refractivity contribution in [1.29, 1.82) is 0 Å². The number of aromatic nitrogens is 4. The molecule has 0 atom stereocenters. The van der Waals surface area contributed by atoms with E-state index in [1.807, 2.05) is 0 Å². The highest BCUT2D eigenvalue weighted by Crippen LogP contribution is 2.21.